The average molecular weight is 379 g/mol. The molecule has 0 radical (unpaired) electrons. The van der Waals surface area contributed by atoms with E-state index >= 15 is 0 Å². The Labute approximate surface area is 164 Å². The summed E-state index contributed by atoms with van der Waals surface area (Å²) in [4.78, 5) is 17.8. The predicted octanol–water partition coefficient (Wildman–Crippen LogP) is 4.23. The molecule has 2 amide bonds. The van der Waals surface area contributed by atoms with E-state index < -0.39 is 0 Å². The molecule has 0 aliphatic carbocycles. The molecule has 6 heteroatoms. The lowest BCUT2D eigenvalue weighted by Crippen LogP contribution is -2.40. The lowest BCUT2D eigenvalue weighted by Gasteiger charge is -2.25. The molecule has 0 spiro atoms. The number of carbonyl (C=O) groups excluding carboxylic acids is 1. The summed E-state index contributed by atoms with van der Waals surface area (Å²) in [6, 6.07) is 13.8. The third kappa shape index (κ3) is 3.76. The van der Waals surface area contributed by atoms with E-state index in [1.54, 1.807) is 0 Å². The molecular formula is C22H25N3O3. The van der Waals surface area contributed by atoms with Gasteiger partial charge in [-0.1, -0.05) is 12.1 Å². The minimum Gasteiger partial charge on any atom is -0.486 e. The number of ether oxygens (including phenoxy) is 2. The summed E-state index contributed by atoms with van der Waals surface area (Å²) < 4.78 is 11.2. The fourth-order valence-corrected chi connectivity index (χ4v) is 3.44. The van der Waals surface area contributed by atoms with Crippen molar-refractivity contribution in [2.24, 2.45) is 0 Å². The maximum atomic E-state index is 12.8. The first-order valence-corrected chi connectivity index (χ1v) is 9.65. The Morgan fingerprint density at radius 3 is 2.79 bits per heavy atom. The molecule has 1 atom stereocenters. The van der Waals surface area contributed by atoms with Crippen molar-refractivity contribution >= 4 is 16.9 Å². The molecule has 2 heterocycles. The highest BCUT2D eigenvalue weighted by Crippen LogP contribution is 2.32. The van der Waals surface area contributed by atoms with E-state index in [1.807, 2.05) is 55.3 Å². The number of rotatable bonds is 5. The number of nitrogens with one attached hydrogen (secondary N) is 2. The molecule has 0 saturated carbocycles. The van der Waals surface area contributed by atoms with Gasteiger partial charge in [-0.2, -0.15) is 0 Å². The highest BCUT2D eigenvalue weighted by Gasteiger charge is 2.18. The summed E-state index contributed by atoms with van der Waals surface area (Å²) in [7, 11) is 0. The Morgan fingerprint density at radius 2 is 1.96 bits per heavy atom. The second kappa shape index (κ2) is 7.84. The van der Waals surface area contributed by atoms with E-state index in [2.05, 4.69) is 22.4 Å². The van der Waals surface area contributed by atoms with Gasteiger partial charge in [-0.05, 0) is 60.7 Å². The van der Waals surface area contributed by atoms with Gasteiger partial charge in [0.2, 0.25) is 0 Å². The van der Waals surface area contributed by atoms with E-state index in [0.717, 1.165) is 33.5 Å². The normalized spacial score (nSPS) is 13.9. The average Bonchev–Trinajstić information content (AvgIpc) is 3.19. The Balaban J connectivity index is 1.43. The van der Waals surface area contributed by atoms with Crippen molar-refractivity contribution in [2.45, 2.75) is 26.4 Å². The number of amides is 2. The zero-order valence-corrected chi connectivity index (χ0v) is 16.2. The topological polar surface area (TPSA) is 66.6 Å². The predicted molar refractivity (Wildman–Crippen MR) is 109 cm³/mol. The first-order chi connectivity index (χ1) is 13.6. The van der Waals surface area contributed by atoms with Gasteiger partial charge in [0.1, 0.15) is 13.2 Å². The van der Waals surface area contributed by atoms with Crippen LogP contribution in [0.15, 0.2) is 48.7 Å². The molecule has 6 nitrogen and oxygen atoms in total. The number of aromatic amines is 1. The van der Waals surface area contributed by atoms with Crippen LogP contribution in [-0.2, 0) is 6.54 Å². The second-order valence-corrected chi connectivity index (χ2v) is 6.99. The van der Waals surface area contributed by atoms with E-state index in [9.17, 15) is 4.79 Å². The monoisotopic (exact) mass is 379 g/mol. The standard InChI is InChI=1S/C22H25N3O3/c1-3-25(14-16-4-6-19-18(12-16)8-9-23-19)22(26)24-15(2)17-5-7-20-21(13-17)28-11-10-27-20/h4-9,12-13,15,23H,3,10-11,14H2,1-2H3,(H,24,26)/t15-/m0/s1. The maximum absolute atomic E-state index is 12.8. The molecule has 0 bridgehead atoms. The number of hydrogen-bond acceptors (Lipinski definition) is 3. The number of nitrogens with zero attached hydrogens (tertiary/aromatic N) is 1. The van der Waals surface area contributed by atoms with Gasteiger partial charge in [0.25, 0.3) is 0 Å². The Hall–Kier alpha value is -3.15. The van der Waals surface area contributed by atoms with Crippen molar-refractivity contribution in [1.29, 1.82) is 0 Å². The molecule has 0 saturated heterocycles. The van der Waals surface area contributed by atoms with Crippen molar-refractivity contribution < 1.29 is 14.3 Å². The fraction of sp³-hybridized carbons (Fsp3) is 0.318. The van der Waals surface area contributed by atoms with Crippen molar-refractivity contribution in [1.82, 2.24) is 15.2 Å². The van der Waals surface area contributed by atoms with Gasteiger partial charge in [-0.3, -0.25) is 0 Å². The fourth-order valence-electron chi connectivity index (χ4n) is 3.44. The molecule has 28 heavy (non-hydrogen) atoms. The minimum atomic E-state index is -0.135. The van der Waals surface area contributed by atoms with Gasteiger partial charge in [-0.25, -0.2) is 4.79 Å². The number of hydrogen-bond donors (Lipinski definition) is 2. The van der Waals surface area contributed by atoms with E-state index in [4.69, 9.17) is 9.47 Å². The Morgan fingerprint density at radius 1 is 1.14 bits per heavy atom. The molecule has 0 fully saturated rings. The molecule has 3 aromatic rings. The molecule has 2 aromatic carbocycles. The van der Waals surface area contributed by atoms with Gasteiger partial charge in [0.15, 0.2) is 11.5 Å². The SMILES string of the molecule is CCN(Cc1ccc2[nH]ccc2c1)C(=O)N[C@@H](C)c1ccc2c(c1)OCCO2. The van der Waals surface area contributed by atoms with Crippen molar-refractivity contribution in [3.63, 3.8) is 0 Å². The molecule has 4 rings (SSSR count). The van der Waals surface area contributed by atoms with Gasteiger partial charge >= 0.3 is 6.03 Å². The Kier molecular flexibility index (Phi) is 5.10. The lowest BCUT2D eigenvalue weighted by molar-refractivity contribution is 0.171. The van der Waals surface area contributed by atoms with Crippen LogP contribution >= 0.6 is 0 Å². The summed E-state index contributed by atoms with van der Waals surface area (Å²) in [5, 5.41) is 4.24. The van der Waals surface area contributed by atoms with Gasteiger partial charge in [0, 0.05) is 24.8 Å². The number of fused-ring (bicyclic) bond motifs is 2. The van der Waals surface area contributed by atoms with E-state index in [-0.39, 0.29) is 12.1 Å². The third-order valence-corrected chi connectivity index (χ3v) is 5.07. The molecule has 1 aliphatic rings. The molecule has 2 N–H and O–H groups in total. The minimum absolute atomic E-state index is 0.0842. The van der Waals surface area contributed by atoms with Crippen LogP contribution in [0.5, 0.6) is 11.5 Å². The van der Waals surface area contributed by atoms with Crippen LogP contribution in [0.25, 0.3) is 10.9 Å². The van der Waals surface area contributed by atoms with Crippen LogP contribution in [0.2, 0.25) is 0 Å². The quantitative estimate of drug-likeness (QED) is 0.697. The van der Waals surface area contributed by atoms with Crippen LogP contribution in [0.1, 0.15) is 31.0 Å². The molecular weight excluding hydrogens is 354 g/mol. The largest absolute Gasteiger partial charge is 0.486 e. The summed E-state index contributed by atoms with van der Waals surface area (Å²) in [5.74, 6) is 1.49. The van der Waals surface area contributed by atoms with Gasteiger partial charge in [-0.15, -0.1) is 0 Å². The highest BCUT2D eigenvalue weighted by molar-refractivity contribution is 5.80. The number of carbonyl (C=O) groups is 1. The summed E-state index contributed by atoms with van der Waals surface area (Å²) in [6.07, 6.45) is 1.92. The lowest BCUT2D eigenvalue weighted by atomic mass is 10.1. The van der Waals surface area contributed by atoms with Crippen LogP contribution in [0, 0.1) is 0 Å². The number of urea groups is 1. The third-order valence-electron chi connectivity index (χ3n) is 5.07. The van der Waals surface area contributed by atoms with Crippen LogP contribution in [-0.4, -0.2) is 35.7 Å². The molecule has 1 aromatic heterocycles. The van der Waals surface area contributed by atoms with Crippen LogP contribution < -0.4 is 14.8 Å². The van der Waals surface area contributed by atoms with E-state index in [0.29, 0.717) is 26.3 Å². The van der Waals surface area contributed by atoms with E-state index in [1.165, 1.54) is 0 Å². The van der Waals surface area contributed by atoms with Crippen molar-refractivity contribution in [3.05, 3.63) is 59.8 Å². The van der Waals surface area contributed by atoms with Crippen LogP contribution in [0.3, 0.4) is 0 Å². The van der Waals surface area contributed by atoms with Crippen LogP contribution in [0.4, 0.5) is 4.79 Å². The number of benzene rings is 2. The van der Waals surface area contributed by atoms with Crippen molar-refractivity contribution in [2.75, 3.05) is 19.8 Å². The first-order valence-electron chi connectivity index (χ1n) is 9.65. The Bertz CT molecular complexity index is 982. The number of H-pyrrole nitrogens is 1. The number of aromatic nitrogens is 1. The first kappa shape index (κ1) is 18.2. The molecule has 146 valence electrons. The summed E-state index contributed by atoms with van der Waals surface area (Å²) in [5.41, 5.74) is 3.20. The smallest absolute Gasteiger partial charge is 0.318 e. The second-order valence-electron chi connectivity index (χ2n) is 6.99. The van der Waals surface area contributed by atoms with Crippen molar-refractivity contribution in [3.8, 4) is 11.5 Å². The van der Waals surface area contributed by atoms with Gasteiger partial charge in [0.05, 0.1) is 6.04 Å². The summed E-state index contributed by atoms with van der Waals surface area (Å²) in [6.45, 7) is 6.28. The maximum Gasteiger partial charge on any atom is 0.318 e. The zero-order valence-electron chi connectivity index (χ0n) is 16.2. The molecule has 0 unspecified atom stereocenters. The highest BCUT2D eigenvalue weighted by atomic mass is 16.6. The molecule has 1 aliphatic heterocycles. The summed E-state index contributed by atoms with van der Waals surface area (Å²) >= 11 is 0. The van der Waals surface area contributed by atoms with Gasteiger partial charge < -0.3 is 24.7 Å². The zero-order chi connectivity index (χ0) is 19.5.